The van der Waals surface area contributed by atoms with E-state index in [-0.39, 0.29) is 24.8 Å². The first-order valence-electron chi connectivity index (χ1n) is 9.91. The Morgan fingerprint density at radius 1 is 1.06 bits per heavy atom. The standard InChI is InChI=1S/C24H22N2O5/c1-14(2)23-19(22(12-27)26-31-23)13-30-18-7-3-15(4-8-18)16-5-9-20-17(11-16)6-10-21(25-20)24(28)29/h3-11,14,27H,12-13H2,1-2H3,(H,28,29). The number of pyridine rings is 1. The highest BCUT2D eigenvalue weighted by Crippen LogP contribution is 2.28. The maximum Gasteiger partial charge on any atom is 0.354 e. The molecule has 0 amide bonds. The molecule has 31 heavy (non-hydrogen) atoms. The van der Waals surface area contributed by atoms with Gasteiger partial charge in [0.1, 0.15) is 29.5 Å². The van der Waals surface area contributed by atoms with Crippen LogP contribution in [0.1, 0.15) is 47.3 Å². The van der Waals surface area contributed by atoms with Crippen molar-refractivity contribution in [3.8, 4) is 16.9 Å². The van der Waals surface area contributed by atoms with E-state index in [0.717, 1.165) is 27.8 Å². The lowest BCUT2D eigenvalue weighted by Gasteiger charge is -2.10. The van der Waals surface area contributed by atoms with Crippen molar-refractivity contribution in [3.63, 3.8) is 0 Å². The highest BCUT2D eigenvalue weighted by Gasteiger charge is 2.18. The average molecular weight is 418 g/mol. The number of hydrogen-bond donors (Lipinski definition) is 2. The molecule has 0 aliphatic heterocycles. The molecule has 0 fully saturated rings. The molecule has 0 aliphatic rings. The maximum atomic E-state index is 11.1. The van der Waals surface area contributed by atoms with E-state index in [9.17, 15) is 9.90 Å². The van der Waals surface area contributed by atoms with Crippen molar-refractivity contribution in [1.29, 1.82) is 0 Å². The fraction of sp³-hybridized carbons (Fsp3) is 0.208. The van der Waals surface area contributed by atoms with Crippen LogP contribution < -0.4 is 4.74 Å². The first kappa shape index (κ1) is 20.6. The van der Waals surface area contributed by atoms with E-state index in [0.29, 0.717) is 17.0 Å². The summed E-state index contributed by atoms with van der Waals surface area (Å²) in [5.74, 6) is 0.510. The maximum absolute atomic E-state index is 11.1. The van der Waals surface area contributed by atoms with Crippen LogP contribution >= 0.6 is 0 Å². The number of rotatable bonds is 7. The van der Waals surface area contributed by atoms with Crippen molar-refractivity contribution in [2.45, 2.75) is 33.0 Å². The quantitative estimate of drug-likeness (QED) is 0.445. The molecular formula is C24H22N2O5. The first-order chi connectivity index (χ1) is 15.0. The van der Waals surface area contributed by atoms with Gasteiger partial charge in [-0.2, -0.15) is 0 Å². The summed E-state index contributed by atoms with van der Waals surface area (Å²) in [6.07, 6.45) is 0. The van der Waals surface area contributed by atoms with Crippen LogP contribution in [-0.2, 0) is 13.2 Å². The summed E-state index contributed by atoms with van der Waals surface area (Å²) in [5.41, 5.74) is 3.94. The van der Waals surface area contributed by atoms with Gasteiger partial charge in [-0.05, 0) is 41.5 Å². The van der Waals surface area contributed by atoms with Crippen LogP contribution in [0.2, 0.25) is 0 Å². The van der Waals surface area contributed by atoms with Crippen LogP contribution in [0.3, 0.4) is 0 Å². The lowest BCUT2D eigenvalue weighted by molar-refractivity contribution is 0.0691. The number of aliphatic hydroxyl groups excluding tert-OH is 1. The molecule has 2 aromatic carbocycles. The van der Waals surface area contributed by atoms with Crippen molar-refractivity contribution in [3.05, 3.63) is 77.3 Å². The van der Waals surface area contributed by atoms with E-state index in [1.807, 2.05) is 56.3 Å². The van der Waals surface area contributed by atoms with Crippen LogP contribution in [0.4, 0.5) is 0 Å². The molecule has 2 aromatic heterocycles. The Morgan fingerprint density at radius 2 is 1.81 bits per heavy atom. The Morgan fingerprint density at radius 3 is 2.48 bits per heavy atom. The first-order valence-corrected chi connectivity index (χ1v) is 9.91. The Hall–Kier alpha value is -3.71. The normalized spacial score (nSPS) is 11.2. The third-order valence-electron chi connectivity index (χ3n) is 5.05. The van der Waals surface area contributed by atoms with Gasteiger partial charge in [-0.25, -0.2) is 9.78 Å². The number of carboxylic acid groups (broad SMARTS) is 1. The van der Waals surface area contributed by atoms with Crippen LogP contribution in [0.25, 0.3) is 22.0 Å². The lowest BCUT2D eigenvalue weighted by atomic mass is 10.0. The minimum absolute atomic E-state index is 0.0274. The Kier molecular flexibility index (Phi) is 5.68. The smallest absolute Gasteiger partial charge is 0.354 e. The van der Waals surface area contributed by atoms with Gasteiger partial charge in [-0.15, -0.1) is 0 Å². The Bertz CT molecular complexity index is 1230. The van der Waals surface area contributed by atoms with Gasteiger partial charge in [0.05, 0.1) is 17.7 Å². The molecule has 0 spiro atoms. The number of aromatic nitrogens is 2. The molecule has 2 N–H and O–H groups in total. The van der Waals surface area contributed by atoms with Crippen LogP contribution in [0, 0.1) is 0 Å². The third-order valence-corrected chi connectivity index (χ3v) is 5.05. The summed E-state index contributed by atoms with van der Waals surface area (Å²) in [4.78, 5) is 15.2. The lowest BCUT2D eigenvalue weighted by Crippen LogP contribution is -2.02. The minimum atomic E-state index is -1.04. The van der Waals surface area contributed by atoms with Gasteiger partial charge >= 0.3 is 5.97 Å². The van der Waals surface area contributed by atoms with E-state index in [1.54, 1.807) is 6.07 Å². The predicted octanol–water partition coefficient (Wildman–Crippen LogP) is 4.78. The SMILES string of the molecule is CC(C)c1onc(CO)c1COc1ccc(-c2ccc3nc(C(=O)O)ccc3c2)cc1. The van der Waals surface area contributed by atoms with E-state index in [1.165, 1.54) is 6.07 Å². The molecule has 158 valence electrons. The Labute approximate surface area is 178 Å². The van der Waals surface area contributed by atoms with Gasteiger partial charge in [0, 0.05) is 11.3 Å². The van der Waals surface area contributed by atoms with E-state index in [2.05, 4.69) is 10.1 Å². The monoisotopic (exact) mass is 418 g/mol. The van der Waals surface area contributed by atoms with Gasteiger partial charge in [0.25, 0.3) is 0 Å². The Balaban J connectivity index is 1.51. The van der Waals surface area contributed by atoms with Crippen LogP contribution in [-0.4, -0.2) is 26.3 Å². The van der Waals surface area contributed by atoms with Gasteiger partial charge in [-0.3, -0.25) is 0 Å². The molecule has 7 nitrogen and oxygen atoms in total. The molecule has 0 unspecified atom stereocenters. The van der Waals surface area contributed by atoms with E-state index in [4.69, 9.17) is 14.4 Å². The van der Waals surface area contributed by atoms with Gasteiger partial charge < -0.3 is 19.5 Å². The molecule has 4 rings (SSSR count). The zero-order chi connectivity index (χ0) is 22.0. The zero-order valence-corrected chi connectivity index (χ0v) is 17.2. The number of carbonyl (C=O) groups is 1. The fourth-order valence-corrected chi connectivity index (χ4v) is 3.41. The fourth-order valence-electron chi connectivity index (χ4n) is 3.41. The molecule has 2 heterocycles. The summed E-state index contributed by atoms with van der Waals surface area (Å²) in [6, 6.07) is 16.6. The van der Waals surface area contributed by atoms with Crippen molar-refractivity contribution < 1.29 is 24.3 Å². The van der Waals surface area contributed by atoms with E-state index >= 15 is 0 Å². The molecule has 0 atom stereocenters. The van der Waals surface area contributed by atoms with Crippen molar-refractivity contribution >= 4 is 16.9 Å². The van der Waals surface area contributed by atoms with Crippen molar-refractivity contribution in [1.82, 2.24) is 10.1 Å². The van der Waals surface area contributed by atoms with Gasteiger partial charge in [0.15, 0.2) is 0 Å². The number of benzene rings is 2. The number of hydrogen-bond acceptors (Lipinski definition) is 6. The highest BCUT2D eigenvalue weighted by atomic mass is 16.5. The molecule has 0 aliphatic carbocycles. The molecule has 0 saturated carbocycles. The number of ether oxygens (including phenoxy) is 1. The minimum Gasteiger partial charge on any atom is -0.489 e. The predicted molar refractivity (Wildman–Crippen MR) is 115 cm³/mol. The zero-order valence-electron chi connectivity index (χ0n) is 17.2. The summed E-state index contributed by atoms with van der Waals surface area (Å²) in [5, 5.41) is 23.3. The molecular weight excluding hydrogens is 396 g/mol. The number of carboxylic acids is 1. The molecule has 4 aromatic rings. The molecule has 0 bridgehead atoms. The molecule has 0 saturated heterocycles. The number of aromatic carboxylic acids is 1. The molecule has 7 heteroatoms. The van der Waals surface area contributed by atoms with Gasteiger partial charge in [-0.1, -0.05) is 43.3 Å². The number of fused-ring (bicyclic) bond motifs is 1. The van der Waals surface area contributed by atoms with Crippen molar-refractivity contribution in [2.75, 3.05) is 0 Å². The topological polar surface area (TPSA) is 106 Å². The second-order valence-electron chi connectivity index (χ2n) is 7.51. The third kappa shape index (κ3) is 4.27. The summed E-state index contributed by atoms with van der Waals surface area (Å²) in [7, 11) is 0. The van der Waals surface area contributed by atoms with Crippen LogP contribution in [0.5, 0.6) is 5.75 Å². The molecule has 0 radical (unpaired) electrons. The summed E-state index contributed by atoms with van der Waals surface area (Å²) in [6.45, 7) is 4.07. The van der Waals surface area contributed by atoms with Crippen molar-refractivity contribution in [2.24, 2.45) is 0 Å². The highest BCUT2D eigenvalue weighted by molar-refractivity contribution is 5.91. The number of aliphatic hydroxyl groups is 1. The average Bonchev–Trinajstić information content (AvgIpc) is 3.20. The summed E-state index contributed by atoms with van der Waals surface area (Å²) >= 11 is 0. The second-order valence-corrected chi connectivity index (χ2v) is 7.51. The van der Waals surface area contributed by atoms with Gasteiger partial charge in [0.2, 0.25) is 0 Å². The number of nitrogens with zero attached hydrogens (tertiary/aromatic N) is 2. The van der Waals surface area contributed by atoms with Crippen LogP contribution in [0.15, 0.2) is 59.1 Å². The summed E-state index contributed by atoms with van der Waals surface area (Å²) < 4.78 is 11.2. The van der Waals surface area contributed by atoms with E-state index < -0.39 is 5.97 Å². The second kappa shape index (κ2) is 8.57. The largest absolute Gasteiger partial charge is 0.489 e.